The van der Waals surface area contributed by atoms with Crippen molar-refractivity contribution in [2.24, 2.45) is 0 Å². The summed E-state index contributed by atoms with van der Waals surface area (Å²) >= 11 is 0. The normalized spacial score (nSPS) is 19.9. The van der Waals surface area contributed by atoms with Gasteiger partial charge in [-0.15, -0.1) is 0 Å². The molecule has 1 fully saturated rings. The molecule has 4 heteroatoms. The number of para-hydroxylation sites is 1. The Bertz CT molecular complexity index is 603. The molecule has 0 bridgehead atoms. The first kappa shape index (κ1) is 14.3. The number of nitrogens with zero attached hydrogens (tertiary/aromatic N) is 3. The lowest BCUT2D eigenvalue weighted by Crippen LogP contribution is -2.48. The Hall–Kier alpha value is -1.65. The van der Waals surface area contributed by atoms with Crippen molar-refractivity contribution in [3.05, 3.63) is 47.3 Å². The summed E-state index contributed by atoms with van der Waals surface area (Å²) in [5, 5.41) is 8.23. The lowest BCUT2D eigenvalue weighted by molar-refractivity contribution is 0.199. The number of aromatic nitrogens is 2. The highest BCUT2D eigenvalue weighted by molar-refractivity contribution is 5.36. The summed E-state index contributed by atoms with van der Waals surface area (Å²) < 4.78 is 2.07. The summed E-state index contributed by atoms with van der Waals surface area (Å²) in [4.78, 5) is 2.52. The fourth-order valence-electron chi connectivity index (χ4n) is 3.10. The van der Waals surface area contributed by atoms with E-state index in [1.165, 1.54) is 11.3 Å². The maximum atomic E-state index is 4.74. The molecule has 0 aliphatic carbocycles. The van der Waals surface area contributed by atoms with E-state index in [2.05, 4.69) is 59.9 Å². The smallest absolute Gasteiger partial charge is 0.0648 e. The Morgan fingerprint density at radius 2 is 2.00 bits per heavy atom. The number of aryl methyl sites for hydroxylation is 1. The fourth-order valence-corrected chi connectivity index (χ4v) is 3.10. The highest BCUT2D eigenvalue weighted by Gasteiger charge is 2.19. The van der Waals surface area contributed by atoms with Crippen LogP contribution in [0.3, 0.4) is 0 Å². The van der Waals surface area contributed by atoms with E-state index in [4.69, 9.17) is 5.10 Å². The van der Waals surface area contributed by atoms with Crippen LogP contribution in [0.2, 0.25) is 0 Å². The summed E-state index contributed by atoms with van der Waals surface area (Å²) in [5.74, 6) is 0. The number of hydrogen-bond acceptors (Lipinski definition) is 3. The molecule has 21 heavy (non-hydrogen) atoms. The molecular weight excluding hydrogens is 260 g/mol. The standard InChI is InChI=1S/C17H24N4/c1-13-11-20(10-9-18-13)12-17-14(2)19-21(15(17)3)16-7-5-4-6-8-16/h4-8,13,18H,9-12H2,1-3H3/t13-/m0/s1. The second-order valence-electron chi connectivity index (χ2n) is 5.99. The summed E-state index contributed by atoms with van der Waals surface area (Å²) in [7, 11) is 0. The molecular formula is C17H24N4. The third-order valence-electron chi connectivity index (χ3n) is 4.28. The summed E-state index contributed by atoms with van der Waals surface area (Å²) in [6.07, 6.45) is 0. The van der Waals surface area contributed by atoms with Crippen molar-refractivity contribution in [2.75, 3.05) is 19.6 Å². The van der Waals surface area contributed by atoms with Gasteiger partial charge in [0.1, 0.15) is 0 Å². The van der Waals surface area contributed by atoms with Crippen LogP contribution in [0.1, 0.15) is 23.9 Å². The quantitative estimate of drug-likeness (QED) is 0.939. The molecule has 1 N–H and O–H groups in total. The van der Waals surface area contributed by atoms with Crippen molar-refractivity contribution in [3.63, 3.8) is 0 Å². The number of rotatable bonds is 3. The molecule has 0 spiro atoms. The topological polar surface area (TPSA) is 33.1 Å². The van der Waals surface area contributed by atoms with Crippen LogP contribution in [0, 0.1) is 13.8 Å². The molecule has 1 aliphatic rings. The second-order valence-corrected chi connectivity index (χ2v) is 5.99. The molecule has 112 valence electrons. The van der Waals surface area contributed by atoms with Crippen LogP contribution >= 0.6 is 0 Å². The van der Waals surface area contributed by atoms with Gasteiger partial charge in [-0.1, -0.05) is 18.2 Å². The van der Waals surface area contributed by atoms with Crippen LogP contribution in [-0.4, -0.2) is 40.4 Å². The number of nitrogens with one attached hydrogen (secondary N) is 1. The number of piperazine rings is 1. The molecule has 2 heterocycles. The van der Waals surface area contributed by atoms with Gasteiger partial charge < -0.3 is 5.32 Å². The molecule has 3 rings (SSSR count). The first-order valence-corrected chi connectivity index (χ1v) is 7.71. The minimum atomic E-state index is 0.573. The molecule has 4 nitrogen and oxygen atoms in total. The molecule has 1 aromatic carbocycles. The van der Waals surface area contributed by atoms with E-state index in [1.54, 1.807) is 0 Å². The van der Waals surface area contributed by atoms with Crippen molar-refractivity contribution in [1.82, 2.24) is 20.0 Å². The number of benzene rings is 1. The van der Waals surface area contributed by atoms with Gasteiger partial charge in [-0.05, 0) is 32.9 Å². The van der Waals surface area contributed by atoms with E-state index in [-0.39, 0.29) is 0 Å². The molecule has 1 aliphatic heterocycles. The van der Waals surface area contributed by atoms with Gasteiger partial charge in [0.25, 0.3) is 0 Å². The highest BCUT2D eigenvalue weighted by atomic mass is 15.3. The van der Waals surface area contributed by atoms with Crippen molar-refractivity contribution < 1.29 is 0 Å². The van der Waals surface area contributed by atoms with E-state index >= 15 is 0 Å². The SMILES string of the molecule is Cc1nn(-c2ccccc2)c(C)c1CN1CCN[C@@H](C)C1. The van der Waals surface area contributed by atoms with Crippen molar-refractivity contribution in [2.45, 2.75) is 33.4 Å². The minimum Gasteiger partial charge on any atom is -0.312 e. The maximum Gasteiger partial charge on any atom is 0.0648 e. The lowest BCUT2D eigenvalue weighted by atomic mass is 10.1. The van der Waals surface area contributed by atoms with E-state index < -0.39 is 0 Å². The van der Waals surface area contributed by atoms with E-state index in [9.17, 15) is 0 Å². The van der Waals surface area contributed by atoms with E-state index in [1.807, 2.05) is 6.07 Å². The Balaban J connectivity index is 1.85. The molecule has 2 aromatic rings. The van der Waals surface area contributed by atoms with Crippen molar-refractivity contribution in [3.8, 4) is 5.69 Å². The van der Waals surface area contributed by atoms with Crippen molar-refractivity contribution >= 4 is 0 Å². The van der Waals surface area contributed by atoms with Crippen LogP contribution in [0.5, 0.6) is 0 Å². The average molecular weight is 284 g/mol. The molecule has 0 unspecified atom stereocenters. The van der Waals surface area contributed by atoms with Gasteiger partial charge in [-0.2, -0.15) is 5.10 Å². The molecule has 1 atom stereocenters. The van der Waals surface area contributed by atoms with Gasteiger partial charge in [-0.25, -0.2) is 4.68 Å². The first-order chi connectivity index (χ1) is 10.1. The van der Waals surface area contributed by atoms with Gasteiger partial charge >= 0.3 is 0 Å². The summed E-state index contributed by atoms with van der Waals surface area (Å²) in [5.41, 5.74) is 4.90. The Kier molecular flexibility index (Phi) is 4.08. The molecule has 0 radical (unpaired) electrons. The van der Waals surface area contributed by atoms with Crippen LogP contribution in [-0.2, 0) is 6.54 Å². The average Bonchev–Trinajstić information content (AvgIpc) is 2.76. The second kappa shape index (κ2) is 6.00. The Morgan fingerprint density at radius 3 is 2.71 bits per heavy atom. The van der Waals surface area contributed by atoms with Gasteiger partial charge in [0.2, 0.25) is 0 Å². The summed E-state index contributed by atoms with van der Waals surface area (Å²) in [6, 6.07) is 10.9. The van der Waals surface area contributed by atoms with Crippen LogP contribution in [0.4, 0.5) is 0 Å². The fraction of sp³-hybridized carbons (Fsp3) is 0.471. The molecule has 1 aromatic heterocycles. The Morgan fingerprint density at radius 1 is 1.24 bits per heavy atom. The molecule has 1 saturated heterocycles. The monoisotopic (exact) mass is 284 g/mol. The summed E-state index contributed by atoms with van der Waals surface area (Å²) in [6.45, 7) is 10.8. The highest BCUT2D eigenvalue weighted by Crippen LogP contribution is 2.20. The van der Waals surface area contributed by atoms with E-state index in [0.717, 1.165) is 37.6 Å². The minimum absolute atomic E-state index is 0.573. The predicted octanol–water partition coefficient (Wildman–Crippen LogP) is 2.28. The third kappa shape index (κ3) is 3.01. The zero-order valence-corrected chi connectivity index (χ0v) is 13.1. The first-order valence-electron chi connectivity index (χ1n) is 7.71. The van der Waals surface area contributed by atoms with Gasteiger partial charge in [0, 0.05) is 43.5 Å². The lowest BCUT2D eigenvalue weighted by Gasteiger charge is -2.31. The molecule has 0 amide bonds. The zero-order chi connectivity index (χ0) is 14.8. The zero-order valence-electron chi connectivity index (χ0n) is 13.1. The van der Waals surface area contributed by atoms with Gasteiger partial charge in [0.15, 0.2) is 0 Å². The number of hydrogen-bond donors (Lipinski definition) is 1. The maximum absolute atomic E-state index is 4.74. The van der Waals surface area contributed by atoms with Gasteiger partial charge in [0.05, 0.1) is 11.4 Å². The van der Waals surface area contributed by atoms with Gasteiger partial charge in [-0.3, -0.25) is 4.90 Å². The van der Waals surface area contributed by atoms with E-state index in [0.29, 0.717) is 6.04 Å². The van der Waals surface area contributed by atoms with Crippen LogP contribution in [0.25, 0.3) is 5.69 Å². The molecule has 0 saturated carbocycles. The predicted molar refractivity (Wildman–Crippen MR) is 85.8 cm³/mol. The van der Waals surface area contributed by atoms with Crippen LogP contribution < -0.4 is 5.32 Å². The third-order valence-corrected chi connectivity index (χ3v) is 4.28. The van der Waals surface area contributed by atoms with Crippen molar-refractivity contribution in [1.29, 1.82) is 0 Å². The van der Waals surface area contributed by atoms with Crippen LogP contribution in [0.15, 0.2) is 30.3 Å². The largest absolute Gasteiger partial charge is 0.312 e. The Labute approximate surface area is 126 Å².